The number of allylic oxidation sites excluding steroid dienone is 4. The molecule has 0 aliphatic heterocycles. The molecule has 0 atom stereocenters. The normalized spacial score (nSPS) is 14.7. The first-order valence-corrected chi connectivity index (χ1v) is 14.7. The van der Waals surface area contributed by atoms with E-state index in [4.69, 9.17) is 0 Å². The molecule has 0 spiro atoms. The zero-order valence-corrected chi connectivity index (χ0v) is 23.6. The number of fused-ring (bicyclic) bond motifs is 6. The molecule has 0 amide bonds. The predicted molar refractivity (Wildman–Crippen MR) is 176 cm³/mol. The van der Waals surface area contributed by atoms with Gasteiger partial charge in [0.1, 0.15) is 0 Å². The number of benzene rings is 6. The molecule has 6 aromatic carbocycles. The lowest BCUT2D eigenvalue weighted by Gasteiger charge is -2.34. The van der Waals surface area contributed by atoms with Crippen LogP contribution in [0.15, 0.2) is 133 Å². The molecule has 0 unspecified atom stereocenters. The highest BCUT2D eigenvalue weighted by Gasteiger charge is 2.42. The highest BCUT2D eigenvalue weighted by Crippen LogP contribution is 2.59. The van der Waals surface area contributed by atoms with Gasteiger partial charge in [0.25, 0.3) is 0 Å². The van der Waals surface area contributed by atoms with E-state index < -0.39 is 0 Å². The molecule has 196 valence electrons. The molecule has 0 fully saturated rings. The summed E-state index contributed by atoms with van der Waals surface area (Å²) in [6, 6.07) is 49.4. The van der Waals surface area contributed by atoms with Gasteiger partial charge < -0.3 is 0 Å². The second-order valence-corrected chi connectivity index (χ2v) is 12.1. The molecule has 0 saturated heterocycles. The minimum Gasteiger partial charge on any atom is -0.0622 e. The van der Waals surface area contributed by atoms with Gasteiger partial charge in [-0.15, -0.1) is 0 Å². The van der Waals surface area contributed by atoms with E-state index in [0.29, 0.717) is 0 Å². The van der Waals surface area contributed by atoms with Crippen LogP contribution in [0.5, 0.6) is 0 Å². The first kappa shape index (κ1) is 24.1. The Kier molecular flexibility index (Phi) is 5.41. The van der Waals surface area contributed by atoms with Crippen molar-refractivity contribution in [2.75, 3.05) is 0 Å². The van der Waals surface area contributed by atoms with Crippen molar-refractivity contribution in [3.63, 3.8) is 0 Å². The fourth-order valence-corrected chi connectivity index (χ4v) is 7.65. The van der Waals surface area contributed by atoms with Gasteiger partial charge in [-0.3, -0.25) is 0 Å². The number of rotatable bonds is 4. The van der Waals surface area contributed by atoms with Crippen molar-refractivity contribution in [2.24, 2.45) is 5.41 Å². The first-order valence-electron chi connectivity index (χ1n) is 14.7. The third-order valence-electron chi connectivity index (χ3n) is 9.36. The molecule has 41 heavy (non-hydrogen) atoms. The summed E-state index contributed by atoms with van der Waals surface area (Å²) >= 11 is 0. The maximum atomic E-state index is 2.48. The van der Waals surface area contributed by atoms with Crippen molar-refractivity contribution in [3.8, 4) is 0 Å². The average molecular weight is 525 g/mol. The van der Waals surface area contributed by atoms with E-state index in [1.807, 2.05) is 0 Å². The Morgan fingerprint density at radius 1 is 0.415 bits per heavy atom. The molecule has 6 aromatic rings. The van der Waals surface area contributed by atoms with Gasteiger partial charge in [0.05, 0.1) is 0 Å². The van der Waals surface area contributed by atoms with Crippen LogP contribution >= 0.6 is 0 Å². The lowest BCUT2D eigenvalue weighted by Crippen LogP contribution is -2.18. The molecular weight excluding hydrogens is 492 g/mol. The largest absolute Gasteiger partial charge is 0.0622 e. The smallest absolute Gasteiger partial charge is 0.0165 e. The summed E-state index contributed by atoms with van der Waals surface area (Å²) in [6.45, 7) is 4.97. The van der Waals surface area contributed by atoms with Crippen LogP contribution in [0.2, 0.25) is 0 Å². The molecule has 0 saturated carbocycles. The standard InChI is InChI=1S/C41H32/c1-41(2,39-35(27-13-5-3-6-14-27)25-31-23-21-29-17-9-11-19-33(29)37(31)39)40-36(28-15-7-4-8-16-28)26-32-24-22-30-18-10-12-20-34(30)38(32)40/h3-24H,25-26H2,1-2H3. The van der Waals surface area contributed by atoms with E-state index in [1.165, 1.54) is 77.2 Å². The average Bonchev–Trinajstić information content (AvgIpc) is 3.63. The van der Waals surface area contributed by atoms with Crippen molar-refractivity contribution >= 4 is 43.8 Å². The Balaban J connectivity index is 1.49. The molecule has 2 aliphatic carbocycles. The van der Waals surface area contributed by atoms with Crippen LogP contribution < -0.4 is 0 Å². The summed E-state index contributed by atoms with van der Waals surface area (Å²) in [6.07, 6.45) is 1.92. The van der Waals surface area contributed by atoms with E-state index in [-0.39, 0.29) is 5.41 Å². The summed E-state index contributed by atoms with van der Waals surface area (Å²) in [5, 5.41) is 5.33. The van der Waals surface area contributed by atoms with Gasteiger partial charge in [-0.25, -0.2) is 0 Å². The van der Waals surface area contributed by atoms with Gasteiger partial charge in [-0.1, -0.05) is 147 Å². The molecule has 0 heterocycles. The third-order valence-corrected chi connectivity index (χ3v) is 9.36. The van der Waals surface area contributed by atoms with Crippen molar-refractivity contribution in [2.45, 2.75) is 26.7 Å². The maximum Gasteiger partial charge on any atom is 0.0165 e. The summed E-state index contributed by atoms with van der Waals surface area (Å²) < 4.78 is 0. The van der Waals surface area contributed by atoms with Crippen LogP contribution in [0, 0.1) is 5.41 Å². The summed E-state index contributed by atoms with van der Waals surface area (Å²) in [4.78, 5) is 0. The van der Waals surface area contributed by atoms with Gasteiger partial charge >= 0.3 is 0 Å². The van der Waals surface area contributed by atoms with Crippen molar-refractivity contribution in [1.82, 2.24) is 0 Å². The van der Waals surface area contributed by atoms with Crippen molar-refractivity contribution < 1.29 is 0 Å². The Hall–Kier alpha value is -4.68. The lowest BCUT2D eigenvalue weighted by molar-refractivity contribution is 0.680. The fourth-order valence-electron chi connectivity index (χ4n) is 7.65. The highest BCUT2D eigenvalue weighted by atomic mass is 14.4. The number of hydrogen-bond acceptors (Lipinski definition) is 0. The molecular formula is C41H32. The summed E-state index contributed by atoms with van der Waals surface area (Å²) in [5.74, 6) is 0. The third kappa shape index (κ3) is 3.67. The van der Waals surface area contributed by atoms with E-state index in [2.05, 4.69) is 147 Å². The van der Waals surface area contributed by atoms with Gasteiger partial charge in [0, 0.05) is 5.41 Å². The van der Waals surface area contributed by atoms with E-state index in [0.717, 1.165) is 12.8 Å². The molecule has 0 bridgehead atoms. The van der Waals surface area contributed by atoms with Crippen molar-refractivity contribution in [1.29, 1.82) is 0 Å². The van der Waals surface area contributed by atoms with E-state index in [9.17, 15) is 0 Å². The minimum atomic E-state index is -0.249. The SMILES string of the molecule is CC(C)(C1=C(c2ccccc2)Cc2ccc3ccccc3c21)C1=C(c2ccccc2)Cc2ccc3ccccc3c21. The molecule has 0 N–H and O–H groups in total. The van der Waals surface area contributed by atoms with E-state index in [1.54, 1.807) is 0 Å². The summed E-state index contributed by atoms with van der Waals surface area (Å²) in [7, 11) is 0. The van der Waals surface area contributed by atoms with Crippen LogP contribution in [0.4, 0.5) is 0 Å². The quantitative estimate of drug-likeness (QED) is 0.215. The van der Waals surface area contributed by atoms with Crippen LogP contribution in [0.3, 0.4) is 0 Å². The van der Waals surface area contributed by atoms with Crippen molar-refractivity contribution in [3.05, 3.63) is 167 Å². The Morgan fingerprint density at radius 3 is 1.24 bits per heavy atom. The molecule has 0 radical (unpaired) electrons. The predicted octanol–water partition coefficient (Wildman–Crippen LogP) is 10.7. The van der Waals surface area contributed by atoms with Crippen LogP contribution in [-0.2, 0) is 12.8 Å². The van der Waals surface area contributed by atoms with Gasteiger partial charge in [0.15, 0.2) is 0 Å². The molecule has 0 aromatic heterocycles. The molecule has 0 nitrogen and oxygen atoms in total. The molecule has 0 heteroatoms. The van der Waals surface area contributed by atoms with Gasteiger partial charge in [-0.05, 0) is 90.1 Å². The van der Waals surface area contributed by atoms with Crippen LogP contribution in [-0.4, -0.2) is 0 Å². The Bertz CT molecular complexity index is 1890. The molecule has 2 aliphatic rings. The minimum absolute atomic E-state index is 0.249. The fraction of sp³-hybridized carbons (Fsp3) is 0.122. The lowest BCUT2D eigenvalue weighted by atomic mass is 9.69. The monoisotopic (exact) mass is 524 g/mol. The van der Waals surface area contributed by atoms with Crippen LogP contribution in [0.25, 0.3) is 43.8 Å². The Morgan fingerprint density at radius 2 is 0.805 bits per heavy atom. The number of hydrogen-bond donors (Lipinski definition) is 0. The Labute approximate surface area is 242 Å². The first-order chi connectivity index (χ1) is 20.1. The van der Waals surface area contributed by atoms with Crippen LogP contribution in [0.1, 0.15) is 47.2 Å². The second kappa shape index (κ2) is 9.18. The van der Waals surface area contributed by atoms with E-state index >= 15 is 0 Å². The topological polar surface area (TPSA) is 0 Å². The molecule has 8 rings (SSSR count). The maximum absolute atomic E-state index is 2.48. The van der Waals surface area contributed by atoms with Gasteiger partial charge in [-0.2, -0.15) is 0 Å². The zero-order valence-electron chi connectivity index (χ0n) is 23.6. The van der Waals surface area contributed by atoms with Gasteiger partial charge in [0.2, 0.25) is 0 Å². The highest BCUT2D eigenvalue weighted by molar-refractivity contribution is 6.16. The zero-order chi connectivity index (χ0) is 27.6. The summed E-state index contributed by atoms with van der Waals surface area (Å²) in [5.41, 5.74) is 14.0. The second-order valence-electron chi connectivity index (χ2n) is 12.1.